The second-order valence-corrected chi connectivity index (χ2v) is 8.27. The average molecular weight is 411 g/mol. The fraction of sp³-hybridized carbons (Fsp3) is 0.0625. The fourth-order valence-electron chi connectivity index (χ4n) is 4.14. The second kappa shape index (κ2) is 9.08. The van der Waals surface area contributed by atoms with E-state index in [1.165, 1.54) is 50.1 Å². The molecule has 0 fully saturated rings. The van der Waals surface area contributed by atoms with Crippen molar-refractivity contribution in [3.8, 4) is 22.3 Å². The van der Waals surface area contributed by atoms with Gasteiger partial charge in [-0.05, 0) is 57.9 Å². The van der Waals surface area contributed by atoms with E-state index in [2.05, 4.69) is 134 Å². The Kier molecular flexibility index (Phi) is 5.68. The van der Waals surface area contributed by atoms with Gasteiger partial charge in [0.25, 0.3) is 0 Å². The predicted octanol–water partition coefficient (Wildman–Crippen LogP) is 8.76. The molecular formula is C32H26. The molecular weight excluding hydrogens is 384 g/mol. The molecule has 154 valence electrons. The van der Waals surface area contributed by atoms with Gasteiger partial charge in [-0.2, -0.15) is 0 Å². The lowest BCUT2D eigenvalue weighted by Gasteiger charge is -2.07. The van der Waals surface area contributed by atoms with E-state index >= 15 is 0 Å². The quantitative estimate of drug-likeness (QED) is 0.315. The summed E-state index contributed by atoms with van der Waals surface area (Å²) in [7, 11) is 0. The standard InChI is InChI=1S/C32H26/c1-24-10-12-28(13-11-24)30-20-22-32(23-21-30)31-18-16-29(17-19-31)27-9-5-8-26(14-15-27)25-6-3-2-4-7-25/h2-4,6-23H,5H2,1H3. The molecule has 4 aromatic rings. The van der Waals surface area contributed by atoms with E-state index in [1.54, 1.807) is 0 Å². The molecule has 0 aromatic heterocycles. The van der Waals surface area contributed by atoms with Crippen LogP contribution in [0.5, 0.6) is 0 Å². The summed E-state index contributed by atoms with van der Waals surface area (Å²) < 4.78 is 0. The molecule has 5 rings (SSSR count). The smallest absolute Gasteiger partial charge is 0.0151 e. The first-order valence-electron chi connectivity index (χ1n) is 11.2. The molecule has 32 heavy (non-hydrogen) atoms. The zero-order valence-electron chi connectivity index (χ0n) is 18.3. The first-order chi connectivity index (χ1) is 15.8. The number of rotatable bonds is 4. The largest absolute Gasteiger partial charge is 0.0728 e. The zero-order valence-corrected chi connectivity index (χ0v) is 18.3. The van der Waals surface area contributed by atoms with Gasteiger partial charge in [0.2, 0.25) is 0 Å². The van der Waals surface area contributed by atoms with Crippen molar-refractivity contribution >= 4 is 11.1 Å². The van der Waals surface area contributed by atoms with Crippen molar-refractivity contribution in [3.63, 3.8) is 0 Å². The van der Waals surface area contributed by atoms with Crippen LogP contribution < -0.4 is 0 Å². The minimum absolute atomic E-state index is 0.939. The Labute approximate surface area is 190 Å². The van der Waals surface area contributed by atoms with Crippen LogP contribution in [0.1, 0.15) is 23.1 Å². The Balaban J connectivity index is 1.32. The number of hydrogen-bond acceptors (Lipinski definition) is 0. The third-order valence-electron chi connectivity index (χ3n) is 6.05. The lowest BCUT2D eigenvalue weighted by atomic mass is 9.97. The van der Waals surface area contributed by atoms with Gasteiger partial charge in [-0.25, -0.2) is 0 Å². The highest BCUT2D eigenvalue weighted by atomic mass is 14.1. The van der Waals surface area contributed by atoms with Gasteiger partial charge in [-0.15, -0.1) is 0 Å². The summed E-state index contributed by atoms with van der Waals surface area (Å²) in [6.07, 6.45) is 10.00. The van der Waals surface area contributed by atoms with Crippen molar-refractivity contribution in [2.45, 2.75) is 13.3 Å². The summed E-state index contributed by atoms with van der Waals surface area (Å²) in [5.74, 6) is 0. The molecule has 0 saturated carbocycles. The minimum Gasteiger partial charge on any atom is -0.0728 e. The molecule has 0 spiro atoms. The first-order valence-corrected chi connectivity index (χ1v) is 11.2. The number of hydrogen-bond donors (Lipinski definition) is 0. The Morgan fingerprint density at radius 2 is 0.781 bits per heavy atom. The van der Waals surface area contributed by atoms with E-state index < -0.39 is 0 Å². The predicted molar refractivity (Wildman–Crippen MR) is 138 cm³/mol. The number of aryl methyl sites for hydroxylation is 1. The topological polar surface area (TPSA) is 0 Å². The SMILES string of the molecule is Cc1ccc(-c2ccc(-c3ccc(C4=CCC=C(c5ccccc5)C=C4)cc3)cc2)cc1. The molecule has 0 atom stereocenters. The van der Waals surface area contributed by atoms with E-state index in [-0.39, 0.29) is 0 Å². The normalized spacial score (nSPS) is 13.3. The van der Waals surface area contributed by atoms with Crippen molar-refractivity contribution < 1.29 is 0 Å². The van der Waals surface area contributed by atoms with E-state index in [4.69, 9.17) is 0 Å². The molecule has 0 amide bonds. The van der Waals surface area contributed by atoms with E-state index in [0.717, 1.165) is 6.42 Å². The lowest BCUT2D eigenvalue weighted by Crippen LogP contribution is -1.84. The molecule has 4 aromatic carbocycles. The highest BCUT2D eigenvalue weighted by Crippen LogP contribution is 2.29. The van der Waals surface area contributed by atoms with Crippen molar-refractivity contribution in [2.75, 3.05) is 0 Å². The van der Waals surface area contributed by atoms with Crippen LogP contribution in [0.2, 0.25) is 0 Å². The summed E-state index contributed by atoms with van der Waals surface area (Å²) in [6, 6.07) is 37.0. The van der Waals surface area contributed by atoms with E-state index in [1.807, 2.05) is 0 Å². The Bertz CT molecular complexity index is 1280. The fourth-order valence-corrected chi connectivity index (χ4v) is 4.14. The molecule has 0 radical (unpaired) electrons. The van der Waals surface area contributed by atoms with Gasteiger partial charge in [-0.3, -0.25) is 0 Å². The van der Waals surface area contributed by atoms with E-state index in [9.17, 15) is 0 Å². The minimum atomic E-state index is 0.939. The summed E-state index contributed by atoms with van der Waals surface area (Å²) in [4.78, 5) is 0. The van der Waals surface area contributed by atoms with Gasteiger partial charge in [0.05, 0.1) is 0 Å². The van der Waals surface area contributed by atoms with Crippen LogP contribution in [0.25, 0.3) is 33.4 Å². The molecule has 0 nitrogen and oxygen atoms in total. The van der Waals surface area contributed by atoms with Gasteiger partial charge >= 0.3 is 0 Å². The van der Waals surface area contributed by atoms with Crippen LogP contribution in [0.4, 0.5) is 0 Å². The van der Waals surface area contributed by atoms with E-state index in [0.29, 0.717) is 0 Å². The second-order valence-electron chi connectivity index (χ2n) is 8.27. The van der Waals surface area contributed by atoms with Gasteiger partial charge in [-0.1, -0.05) is 133 Å². The molecule has 1 aliphatic carbocycles. The molecule has 1 aliphatic rings. The Hall–Kier alpha value is -3.90. The molecule has 0 unspecified atom stereocenters. The van der Waals surface area contributed by atoms with Crippen molar-refractivity contribution in [3.05, 3.63) is 144 Å². The zero-order chi connectivity index (χ0) is 21.8. The summed E-state index contributed by atoms with van der Waals surface area (Å²) >= 11 is 0. The van der Waals surface area contributed by atoms with Crippen molar-refractivity contribution in [2.24, 2.45) is 0 Å². The molecule has 0 bridgehead atoms. The van der Waals surface area contributed by atoms with Crippen LogP contribution in [0.15, 0.2) is 127 Å². The van der Waals surface area contributed by atoms with Gasteiger partial charge in [0, 0.05) is 0 Å². The summed E-state index contributed by atoms with van der Waals surface area (Å²) in [5.41, 5.74) is 11.4. The van der Waals surface area contributed by atoms with Crippen molar-refractivity contribution in [1.29, 1.82) is 0 Å². The molecule has 0 N–H and O–H groups in total. The van der Waals surface area contributed by atoms with Crippen LogP contribution in [-0.4, -0.2) is 0 Å². The lowest BCUT2D eigenvalue weighted by molar-refractivity contribution is 1.40. The molecule has 0 heterocycles. The maximum absolute atomic E-state index is 2.30. The Morgan fingerprint density at radius 3 is 1.25 bits per heavy atom. The summed E-state index contributed by atoms with van der Waals surface area (Å²) in [6.45, 7) is 2.12. The highest BCUT2D eigenvalue weighted by molar-refractivity contribution is 5.84. The molecule has 0 aliphatic heterocycles. The summed E-state index contributed by atoms with van der Waals surface area (Å²) in [5, 5.41) is 0. The maximum atomic E-state index is 2.30. The van der Waals surface area contributed by atoms with Crippen LogP contribution in [0, 0.1) is 6.92 Å². The average Bonchev–Trinajstić information content (AvgIpc) is 3.12. The van der Waals surface area contributed by atoms with Crippen molar-refractivity contribution in [1.82, 2.24) is 0 Å². The molecule has 0 saturated heterocycles. The van der Waals surface area contributed by atoms with Crippen LogP contribution >= 0.6 is 0 Å². The number of benzene rings is 4. The van der Waals surface area contributed by atoms with Gasteiger partial charge in [0.15, 0.2) is 0 Å². The third-order valence-corrected chi connectivity index (χ3v) is 6.05. The first kappa shape index (κ1) is 20.0. The van der Waals surface area contributed by atoms with Crippen LogP contribution in [-0.2, 0) is 0 Å². The highest BCUT2D eigenvalue weighted by Gasteiger charge is 2.05. The van der Waals surface area contributed by atoms with Gasteiger partial charge < -0.3 is 0 Å². The monoisotopic (exact) mass is 410 g/mol. The maximum Gasteiger partial charge on any atom is -0.0151 e. The number of allylic oxidation sites excluding steroid dienone is 6. The Morgan fingerprint density at radius 1 is 0.406 bits per heavy atom. The van der Waals surface area contributed by atoms with Gasteiger partial charge in [0.1, 0.15) is 0 Å². The van der Waals surface area contributed by atoms with Crippen LogP contribution in [0.3, 0.4) is 0 Å². The third kappa shape index (κ3) is 4.40. The molecule has 0 heteroatoms.